The maximum Gasteiger partial charge on any atom is 0.239 e. The molecular formula is C9H20N2O2. The number of nitrogens with two attached hydrogens (primary N) is 1. The van der Waals surface area contributed by atoms with Gasteiger partial charge in [0.15, 0.2) is 0 Å². The first-order valence-corrected chi connectivity index (χ1v) is 4.42. The van der Waals surface area contributed by atoms with Crippen LogP contribution in [0.3, 0.4) is 0 Å². The van der Waals surface area contributed by atoms with Crippen LogP contribution in [0.1, 0.15) is 20.8 Å². The van der Waals surface area contributed by atoms with Crippen LogP contribution in [0.15, 0.2) is 0 Å². The maximum atomic E-state index is 11.6. The molecule has 78 valence electrons. The number of amides is 1. The van der Waals surface area contributed by atoms with Crippen LogP contribution in [0.2, 0.25) is 0 Å². The lowest BCUT2D eigenvalue weighted by Gasteiger charge is -2.29. The molecule has 0 saturated carbocycles. The number of rotatable bonds is 3. The number of hydrogen-bond acceptors (Lipinski definition) is 3. The molecule has 0 aliphatic heterocycles. The van der Waals surface area contributed by atoms with E-state index in [4.69, 9.17) is 10.8 Å². The minimum absolute atomic E-state index is 0.0287. The Balaban J connectivity index is 4.26. The standard InChI is InChI=1S/C9H20N2O2/c1-9(2,3)7(10)8(13)11(4)5-6-12/h7,12H,5-6,10H2,1-4H3. The first kappa shape index (κ1) is 12.4. The second-order valence-corrected chi connectivity index (χ2v) is 4.33. The van der Waals surface area contributed by atoms with Crippen LogP contribution in [-0.4, -0.2) is 42.2 Å². The van der Waals surface area contributed by atoms with Crippen LogP contribution >= 0.6 is 0 Å². The lowest BCUT2D eigenvalue weighted by atomic mass is 9.86. The van der Waals surface area contributed by atoms with E-state index in [1.807, 2.05) is 20.8 Å². The van der Waals surface area contributed by atoms with E-state index in [-0.39, 0.29) is 17.9 Å². The third-order valence-electron chi connectivity index (χ3n) is 2.01. The fourth-order valence-corrected chi connectivity index (χ4v) is 0.868. The largest absolute Gasteiger partial charge is 0.395 e. The van der Waals surface area contributed by atoms with Crippen LogP contribution in [0.25, 0.3) is 0 Å². The van der Waals surface area contributed by atoms with Gasteiger partial charge in [-0.2, -0.15) is 0 Å². The molecule has 0 radical (unpaired) electrons. The minimum Gasteiger partial charge on any atom is -0.395 e. The molecule has 4 nitrogen and oxygen atoms in total. The Morgan fingerprint density at radius 3 is 2.31 bits per heavy atom. The summed E-state index contributed by atoms with van der Waals surface area (Å²) in [5, 5.41) is 8.64. The molecule has 0 aliphatic carbocycles. The van der Waals surface area contributed by atoms with Gasteiger partial charge in [-0.3, -0.25) is 4.79 Å². The van der Waals surface area contributed by atoms with Gasteiger partial charge in [0.1, 0.15) is 0 Å². The zero-order chi connectivity index (χ0) is 10.6. The fourth-order valence-electron chi connectivity index (χ4n) is 0.868. The average molecular weight is 188 g/mol. The van der Waals surface area contributed by atoms with Crippen LogP contribution in [0.4, 0.5) is 0 Å². The van der Waals surface area contributed by atoms with Gasteiger partial charge in [0.2, 0.25) is 5.91 Å². The first-order chi connectivity index (χ1) is 5.80. The average Bonchev–Trinajstić information content (AvgIpc) is 2.00. The van der Waals surface area contributed by atoms with Crippen molar-refractivity contribution in [2.45, 2.75) is 26.8 Å². The minimum atomic E-state index is -0.510. The van der Waals surface area contributed by atoms with E-state index in [2.05, 4.69) is 0 Å². The van der Waals surface area contributed by atoms with Crippen molar-refractivity contribution < 1.29 is 9.90 Å². The number of aliphatic hydroxyl groups is 1. The van der Waals surface area contributed by atoms with E-state index in [1.165, 1.54) is 4.90 Å². The molecule has 0 saturated heterocycles. The van der Waals surface area contributed by atoms with E-state index < -0.39 is 6.04 Å². The molecule has 0 fully saturated rings. The van der Waals surface area contributed by atoms with Gasteiger partial charge in [0.05, 0.1) is 12.6 Å². The molecule has 3 N–H and O–H groups in total. The highest BCUT2D eigenvalue weighted by Crippen LogP contribution is 2.18. The second kappa shape index (κ2) is 4.58. The molecule has 0 aromatic rings. The molecule has 13 heavy (non-hydrogen) atoms. The normalized spacial score (nSPS) is 14.0. The SMILES string of the molecule is CN(CCO)C(=O)C(N)C(C)(C)C. The number of carbonyl (C=O) groups is 1. The Labute approximate surface area is 79.7 Å². The van der Waals surface area contributed by atoms with Gasteiger partial charge in [-0.15, -0.1) is 0 Å². The van der Waals surface area contributed by atoms with Crippen molar-refractivity contribution in [1.82, 2.24) is 4.90 Å². The molecule has 1 unspecified atom stereocenters. The summed E-state index contributed by atoms with van der Waals surface area (Å²) in [5.74, 6) is -0.124. The molecule has 1 atom stereocenters. The van der Waals surface area contributed by atoms with Crippen molar-refractivity contribution in [3.63, 3.8) is 0 Å². The molecular weight excluding hydrogens is 168 g/mol. The Morgan fingerprint density at radius 1 is 1.54 bits per heavy atom. The van der Waals surface area contributed by atoms with Crippen molar-refractivity contribution in [3.05, 3.63) is 0 Å². The van der Waals surface area contributed by atoms with Crippen LogP contribution in [-0.2, 0) is 4.79 Å². The quantitative estimate of drug-likeness (QED) is 0.645. The Bertz CT molecular complexity index is 175. The number of nitrogens with zero attached hydrogens (tertiary/aromatic N) is 1. The summed E-state index contributed by atoms with van der Waals surface area (Å²) >= 11 is 0. The van der Waals surface area contributed by atoms with Gasteiger partial charge in [0, 0.05) is 13.6 Å². The Kier molecular flexibility index (Phi) is 4.36. The topological polar surface area (TPSA) is 66.6 Å². The third-order valence-corrected chi connectivity index (χ3v) is 2.01. The highest BCUT2D eigenvalue weighted by molar-refractivity contribution is 5.82. The second-order valence-electron chi connectivity index (χ2n) is 4.33. The first-order valence-electron chi connectivity index (χ1n) is 4.42. The summed E-state index contributed by atoms with van der Waals surface area (Å²) in [7, 11) is 1.64. The number of likely N-dealkylation sites (N-methyl/N-ethyl adjacent to an activating group) is 1. The molecule has 0 spiro atoms. The lowest BCUT2D eigenvalue weighted by molar-refractivity contribution is -0.134. The summed E-state index contributed by atoms with van der Waals surface area (Å²) in [6.45, 7) is 6.06. The van der Waals surface area contributed by atoms with Gasteiger partial charge in [-0.1, -0.05) is 20.8 Å². The smallest absolute Gasteiger partial charge is 0.239 e. The molecule has 0 heterocycles. The highest BCUT2D eigenvalue weighted by atomic mass is 16.3. The Hall–Kier alpha value is -0.610. The van der Waals surface area contributed by atoms with E-state index in [0.717, 1.165) is 0 Å². The van der Waals surface area contributed by atoms with Gasteiger partial charge in [-0.05, 0) is 5.41 Å². The van der Waals surface area contributed by atoms with E-state index in [1.54, 1.807) is 7.05 Å². The van der Waals surface area contributed by atoms with Gasteiger partial charge >= 0.3 is 0 Å². The third kappa shape index (κ3) is 3.74. The molecule has 0 bridgehead atoms. The van der Waals surface area contributed by atoms with Crippen LogP contribution in [0, 0.1) is 5.41 Å². The fraction of sp³-hybridized carbons (Fsp3) is 0.889. The number of carbonyl (C=O) groups excluding carboxylic acids is 1. The van der Waals surface area contributed by atoms with Gasteiger partial charge in [0.25, 0.3) is 0 Å². The van der Waals surface area contributed by atoms with Crippen molar-refractivity contribution in [2.24, 2.45) is 11.1 Å². The van der Waals surface area contributed by atoms with Crippen molar-refractivity contribution in [3.8, 4) is 0 Å². The molecule has 4 heteroatoms. The lowest BCUT2D eigenvalue weighted by Crippen LogP contribution is -2.49. The molecule has 0 aliphatic rings. The Morgan fingerprint density at radius 2 is 2.00 bits per heavy atom. The summed E-state index contributed by atoms with van der Waals surface area (Å²) in [5.41, 5.74) is 5.52. The predicted molar refractivity (Wildman–Crippen MR) is 52.2 cm³/mol. The van der Waals surface area contributed by atoms with Crippen LogP contribution < -0.4 is 5.73 Å². The summed E-state index contributed by atoms with van der Waals surface area (Å²) in [4.78, 5) is 13.0. The predicted octanol–water partition coefficient (Wildman–Crippen LogP) is -0.189. The molecule has 1 amide bonds. The number of aliphatic hydroxyl groups excluding tert-OH is 1. The van der Waals surface area contributed by atoms with Crippen molar-refractivity contribution in [2.75, 3.05) is 20.2 Å². The summed E-state index contributed by atoms with van der Waals surface area (Å²) in [6.07, 6.45) is 0. The monoisotopic (exact) mass is 188 g/mol. The molecule has 0 rings (SSSR count). The molecule has 0 aromatic heterocycles. The van der Waals surface area contributed by atoms with Crippen LogP contribution in [0.5, 0.6) is 0 Å². The van der Waals surface area contributed by atoms with Gasteiger partial charge in [-0.25, -0.2) is 0 Å². The van der Waals surface area contributed by atoms with E-state index in [9.17, 15) is 4.79 Å². The number of hydrogen-bond donors (Lipinski definition) is 2. The summed E-state index contributed by atoms with van der Waals surface area (Å²) < 4.78 is 0. The van der Waals surface area contributed by atoms with E-state index >= 15 is 0 Å². The summed E-state index contributed by atoms with van der Waals surface area (Å²) in [6, 6.07) is -0.510. The highest BCUT2D eigenvalue weighted by Gasteiger charge is 2.29. The van der Waals surface area contributed by atoms with Crippen molar-refractivity contribution >= 4 is 5.91 Å². The zero-order valence-electron chi connectivity index (χ0n) is 8.87. The van der Waals surface area contributed by atoms with E-state index in [0.29, 0.717) is 6.54 Å². The molecule has 0 aromatic carbocycles. The maximum absolute atomic E-state index is 11.6. The van der Waals surface area contributed by atoms with Gasteiger partial charge < -0.3 is 15.7 Å². The van der Waals surface area contributed by atoms with Crippen molar-refractivity contribution in [1.29, 1.82) is 0 Å². The zero-order valence-corrected chi connectivity index (χ0v) is 8.87.